The number of unbranched alkanes of at least 4 members (excludes halogenated alkanes) is 2. The minimum absolute atomic E-state index is 0.0770. The number of rotatable bonds is 35. The Morgan fingerprint density at radius 1 is 0.783 bits per heavy atom. The third kappa shape index (κ3) is 21.3. The highest BCUT2D eigenvalue weighted by Gasteiger charge is 2.44. The van der Waals surface area contributed by atoms with E-state index in [0.29, 0.717) is 62.0 Å². The van der Waals surface area contributed by atoms with Crippen LogP contribution in [0.3, 0.4) is 0 Å². The van der Waals surface area contributed by atoms with Crippen LogP contribution < -0.4 is 43.0 Å². The minimum atomic E-state index is -1.59. The second-order valence-corrected chi connectivity index (χ2v) is 25.0. The number of urea groups is 1. The number of fused-ring (bicyclic) bond motifs is 1. The highest BCUT2D eigenvalue weighted by atomic mass is 16.5. The van der Waals surface area contributed by atoms with Crippen molar-refractivity contribution in [1.82, 2.24) is 46.3 Å². The number of nitrogens with one attached hydrogen (secondary N) is 7. The van der Waals surface area contributed by atoms with Crippen LogP contribution in [0.15, 0.2) is 72.9 Å². The predicted octanol–water partition coefficient (Wildman–Crippen LogP) is 5.44. The van der Waals surface area contributed by atoms with Crippen molar-refractivity contribution >= 4 is 87.6 Å². The lowest BCUT2D eigenvalue weighted by atomic mass is 9.89. The fraction of sp³-hybridized carbons (Fsp3) is 0.576. The Kier molecular flexibility index (Phi) is 28.5. The van der Waals surface area contributed by atoms with Gasteiger partial charge < -0.3 is 67.0 Å². The van der Waals surface area contributed by atoms with Crippen LogP contribution in [0.5, 0.6) is 0 Å². The molecule has 26 nitrogen and oxygen atoms in total. The first-order valence-corrected chi connectivity index (χ1v) is 31.7. The summed E-state index contributed by atoms with van der Waals surface area (Å²) in [6.45, 7) is 16.3. The molecule has 3 aromatic rings. The van der Waals surface area contributed by atoms with Gasteiger partial charge in [-0.25, -0.2) is 9.59 Å². The molecule has 92 heavy (non-hydrogen) atoms. The van der Waals surface area contributed by atoms with Gasteiger partial charge in [0, 0.05) is 82.4 Å². The number of aromatic nitrogens is 1. The lowest BCUT2D eigenvalue weighted by Gasteiger charge is -2.41. The molecule has 2 aliphatic heterocycles. The molecule has 26 heteroatoms. The van der Waals surface area contributed by atoms with Gasteiger partial charge in [-0.3, -0.25) is 53.0 Å². The fourth-order valence-corrected chi connectivity index (χ4v) is 11.4. The number of likely N-dealkylation sites (tertiary alicyclic amines) is 1. The van der Waals surface area contributed by atoms with Gasteiger partial charge in [0.05, 0.1) is 42.1 Å². The summed E-state index contributed by atoms with van der Waals surface area (Å²) in [5.74, 6) is -5.50. The van der Waals surface area contributed by atoms with Gasteiger partial charge in [-0.15, -0.1) is 0 Å². The third-order valence-electron chi connectivity index (χ3n) is 17.0. The topological polar surface area (TPSA) is 348 Å². The summed E-state index contributed by atoms with van der Waals surface area (Å²) in [5, 5.41) is 20.1. The molecule has 0 radical (unpaired) electrons. The zero-order chi connectivity index (χ0) is 68.0. The molecule has 1 aromatic heterocycles. The zero-order valence-corrected chi connectivity index (χ0v) is 55.3. The van der Waals surface area contributed by atoms with E-state index in [-0.39, 0.29) is 86.8 Å². The van der Waals surface area contributed by atoms with E-state index in [9.17, 15) is 52.7 Å². The van der Waals surface area contributed by atoms with E-state index in [4.69, 9.17) is 19.9 Å². The van der Waals surface area contributed by atoms with Crippen molar-refractivity contribution in [1.29, 1.82) is 0 Å². The molecule has 0 saturated carbocycles. The third-order valence-corrected chi connectivity index (χ3v) is 17.0. The van der Waals surface area contributed by atoms with Gasteiger partial charge in [0.15, 0.2) is 0 Å². The van der Waals surface area contributed by atoms with Gasteiger partial charge in [0.2, 0.25) is 41.4 Å². The molecule has 12 amide bonds. The molecular weight excluding hydrogens is 1180 g/mol. The summed E-state index contributed by atoms with van der Waals surface area (Å²) >= 11 is 0. The quantitative estimate of drug-likeness (QED) is 0.0269. The summed E-state index contributed by atoms with van der Waals surface area (Å²) in [6, 6.07) is 10.6. The predicted molar refractivity (Wildman–Crippen MR) is 346 cm³/mol. The largest absolute Gasteiger partial charge is 0.445 e. The van der Waals surface area contributed by atoms with Gasteiger partial charge in [0.1, 0.15) is 30.3 Å². The Morgan fingerprint density at radius 3 is 2.08 bits per heavy atom. The summed E-state index contributed by atoms with van der Waals surface area (Å²) in [7, 11) is 4.67. The van der Waals surface area contributed by atoms with E-state index in [1.165, 1.54) is 45.1 Å². The van der Waals surface area contributed by atoms with Crippen molar-refractivity contribution < 1.29 is 67.0 Å². The molecule has 9 atom stereocenters. The number of amides is 12. The zero-order valence-electron chi connectivity index (χ0n) is 55.3. The van der Waals surface area contributed by atoms with E-state index in [2.05, 4.69) is 42.2 Å². The van der Waals surface area contributed by atoms with Gasteiger partial charge in [0.25, 0.3) is 11.8 Å². The molecule has 5 rings (SSSR count). The maximum atomic E-state index is 14.7. The number of primary amides is 1. The number of imide groups is 1. The number of carbonyl (C=O) groups excluding carboxylic acids is 11. The van der Waals surface area contributed by atoms with Gasteiger partial charge in [-0.2, -0.15) is 0 Å². The van der Waals surface area contributed by atoms with E-state index in [1.807, 2.05) is 38.1 Å². The summed E-state index contributed by atoms with van der Waals surface area (Å²) in [5.41, 5.74) is 5.90. The molecule has 2 aromatic carbocycles. The number of carbonyl (C=O) groups is 11. The number of anilines is 2. The first-order chi connectivity index (χ1) is 43.6. The minimum Gasteiger partial charge on any atom is -0.445 e. The highest BCUT2D eigenvalue weighted by Crippen LogP contribution is 2.31. The highest BCUT2D eigenvalue weighted by molar-refractivity contribution is 6.12. The number of alkyl carbamates (subject to hydrolysis) is 1. The van der Waals surface area contributed by atoms with E-state index in [0.717, 1.165) is 15.8 Å². The Hall–Kier alpha value is -8.52. The van der Waals surface area contributed by atoms with Crippen LogP contribution in [0.2, 0.25) is 0 Å². The number of methoxy groups -OCH3 is 2. The van der Waals surface area contributed by atoms with Crippen molar-refractivity contribution in [3.05, 3.63) is 78.5 Å². The SMILES string of the molecule is CC[C@H](C)[C@@H]([C@@H](CC(=O)N1CCC[C@H]1[C@H](OC)[C@@H](C)C(=O)Nc1ccc2ncccc2c1)OC)N(C)C(=O)[C@@H](NC(=O)C(C)(C)NC(=O)OCc1ccc(NC(=O)[C@H](CCCNC(N)=O)NC(=O)[C@@H](NC(=O)CCCCCN2C(=O)C=CC2=O)C(C)C)cc1)C(C)C. The standard InChI is InChI=1S/C66H96N12O14/c1-13-41(6)57(50(90-11)37-54(82)77-35-19-22-49(77)58(91-12)42(7)59(83)71-46-28-29-47-44(36-46)20-17-32-68-47)76(10)62(86)56(40(4)5)74-63(87)66(8,9)75-65(89)92-38-43-24-26-45(27-25-43)70-60(84)48(21-18-33-69-64(67)88)72-61(85)55(39(2)3)73-51(79)23-15-14-16-34-78-52(80)30-31-53(78)81/h17,20,24-32,36,39-42,48-50,55-58H,13-16,18-19,21-23,33-35,37-38H2,1-12H3,(H,70,84)(H,71,83)(H,72,85)(H,73,79)(H,74,87)(H,75,89)(H3,67,69,88)/t41-,42+,48-,49-,50+,55-,56-,57-,58+/m0/s1. The summed E-state index contributed by atoms with van der Waals surface area (Å²) in [6.07, 6.45) is 5.61. The monoisotopic (exact) mass is 1280 g/mol. The molecular formula is C66H96N12O14. The average Bonchev–Trinajstić information content (AvgIpc) is 1.35. The maximum absolute atomic E-state index is 14.7. The smallest absolute Gasteiger partial charge is 0.408 e. The van der Waals surface area contributed by atoms with Gasteiger partial charge >= 0.3 is 12.1 Å². The fourth-order valence-electron chi connectivity index (χ4n) is 11.4. The second-order valence-electron chi connectivity index (χ2n) is 25.0. The number of ether oxygens (including phenoxy) is 3. The maximum Gasteiger partial charge on any atom is 0.408 e. The first kappa shape index (κ1) is 74.2. The molecule has 3 heterocycles. The normalized spacial score (nSPS) is 16.6. The number of nitrogens with two attached hydrogens (primary N) is 1. The lowest BCUT2D eigenvalue weighted by molar-refractivity contribution is -0.147. The van der Waals surface area contributed by atoms with Gasteiger partial charge in [-0.05, 0) is 112 Å². The van der Waals surface area contributed by atoms with Crippen LogP contribution in [0, 0.1) is 23.7 Å². The first-order valence-electron chi connectivity index (χ1n) is 31.7. The van der Waals surface area contributed by atoms with Gasteiger partial charge in [-0.1, -0.05) is 79.5 Å². The Morgan fingerprint density at radius 2 is 1.45 bits per heavy atom. The van der Waals surface area contributed by atoms with Crippen LogP contribution in [-0.4, -0.2) is 174 Å². The van der Waals surface area contributed by atoms with Crippen molar-refractivity contribution in [2.24, 2.45) is 29.4 Å². The molecule has 0 aliphatic carbocycles. The number of benzene rings is 2. The molecule has 2 aliphatic rings. The van der Waals surface area contributed by atoms with Crippen LogP contribution in [0.25, 0.3) is 10.9 Å². The molecule has 0 bridgehead atoms. The van der Waals surface area contributed by atoms with Crippen molar-refractivity contribution in [3.8, 4) is 0 Å². The van der Waals surface area contributed by atoms with E-state index < -0.39 is 95.5 Å². The van der Waals surface area contributed by atoms with Crippen molar-refractivity contribution in [2.45, 2.75) is 181 Å². The lowest BCUT2D eigenvalue weighted by Crippen LogP contribution is -2.62. The number of hydrogen-bond donors (Lipinski definition) is 8. The number of likely N-dealkylation sites (N-methyl/N-ethyl adjacent to an activating group) is 1. The molecule has 0 spiro atoms. The van der Waals surface area contributed by atoms with Crippen molar-refractivity contribution in [2.75, 3.05) is 51.5 Å². The molecule has 1 saturated heterocycles. The Balaban J connectivity index is 1.14. The van der Waals surface area contributed by atoms with Crippen LogP contribution in [-0.2, 0) is 64.0 Å². The Bertz CT molecular complexity index is 3080. The molecule has 504 valence electrons. The van der Waals surface area contributed by atoms with Crippen molar-refractivity contribution in [3.63, 3.8) is 0 Å². The number of pyridine rings is 1. The second kappa shape index (κ2) is 35.3. The van der Waals surface area contributed by atoms with E-state index >= 15 is 0 Å². The van der Waals surface area contributed by atoms with Crippen LogP contribution >= 0.6 is 0 Å². The van der Waals surface area contributed by atoms with Crippen LogP contribution in [0.1, 0.15) is 132 Å². The summed E-state index contributed by atoms with van der Waals surface area (Å²) < 4.78 is 17.6. The summed E-state index contributed by atoms with van der Waals surface area (Å²) in [4.78, 5) is 154. The number of hydrogen-bond acceptors (Lipinski definition) is 15. The van der Waals surface area contributed by atoms with E-state index in [1.54, 1.807) is 83.1 Å². The molecule has 9 N–H and O–H groups in total. The number of nitrogens with zero attached hydrogens (tertiary/aromatic N) is 4. The average molecular weight is 1280 g/mol. The molecule has 0 unspecified atom stereocenters. The Labute approximate surface area is 539 Å². The van der Waals surface area contributed by atoms with Crippen LogP contribution in [0.4, 0.5) is 21.0 Å². The molecule has 1 fully saturated rings.